The van der Waals surface area contributed by atoms with Crippen LogP contribution in [0.25, 0.3) is 0 Å². The number of para-hydroxylation sites is 1. The fraction of sp³-hybridized carbons (Fsp3) is 0.105. The van der Waals surface area contributed by atoms with Gasteiger partial charge in [0.1, 0.15) is 17.1 Å². The van der Waals surface area contributed by atoms with Gasteiger partial charge >= 0.3 is 5.97 Å². The Kier molecular flexibility index (Phi) is 6.15. The molecule has 0 atom stereocenters. The average Bonchev–Trinajstić information content (AvgIpc) is 3.13. The monoisotopic (exact) mass is 412 g/mol. The second kappa shape index (κ2) is 8.93. The summed E-state index contributed by atoms with van der Waals surface area (Å²) in [5, 5.41) is 17.7. The van der Waals surface area contributed by atoms with Crippen LogP contribution >= 0.6 is 11.3 Å². The smallest absolute Gasteiger partial charge is 0.341 e. The van der Waals surface area contributed by atoms with E-state index in [-0.39, 0.29) is 17.0 Å². The minimum atomic E-state index is -0.740. The van der Waals surface area contributed by atoms with E-state index in [0.717, 1.165) is 11.8 Å². The molecule has 1 heterocycles. The van der Waals surface area contributed by atoms with Gasteiger partial charge in [-0.1, -0.05) is 12.1 Å². The van der Waals surface area contributed by atoms with Crippen molar-refractivity contribution < 1.29 is 19.2 Å². The first-order valence-electron chi connectivity index (χ1n) is 8.33. The number of ether oxygens (including phenoxy) is 2. The van der Waals surface area contributed by atoms with Crippen LogP contribution in [0.3, 0.4) is 0 Å². The van der Waals surface area contributed by atoms with E-state index in [1.54, 1.807) is 30.5 Å². The number of thiazole rings is 1. The van der Waals surface area contributed by atoms with Gasteiger partial charge in [0.05, 0.1) is 23.9 Å². The minimum Gasteiger partial charge on any atom is -0.465 e. The molecule has 29 heavy (non-hydrogen) atoms. The van der Waals surface area contributed by atoms with Gasteiger partial charge < -0.3 is 9.47 Å². The zero-order valence-corrected chi connectivity index (χ0v) is 16.3. The number of rotatable bonds is 7. The van der Waals surface area contributed by atoms with Crippen molar-refractivity contribution in [2.75, 3.05) is 12.5 Å². The molecule has 148 valence electrons. The highest BCUT2D eigenvalue weighted by molar-refractivity contribution is 7.13. The van der Waals surface area contributed by atoms with Crippen molar-refractivity contribution in [3.8, 4) is 11.5 Å². The Balaban J connectivity index is 1.87. The zero-order valence-electron chi connectivity index (χ0n) is 15.5. The maximum Gasteiger partial charge on any atom is 0.341 e. The quantitative estimate of drug-likeness (QED) is 0.265. The molecule has 9 nitrogen and oxygen atoms in total. The summed E-state index contributed by atoms with van der Waals surface area (Å²) in [6, 6.07) is 10.8. The molecule has 1 N–H and O–H groups in total. The molecule has 3 aromatic rings. The number of hydrogen-bond acceptors (Lipinski definition) is 9. The lowest BCUT2D eigenvalue weighted by atomic mass is 10.1. The number of nitro groups is 1. The lowest BCUT2D eigenvalue weighted by Gasteiger charge is -2.11. The number of carbonyl (C=O) groups is 1. The fourth-order valence-electron chi connectivity index (χ4n) is 2.35. The van der Waals surface area contributed by atoms with Gasteiger partial charge in [-0.2, -0.15) is 5.10 Å². The summed E-state index contributed by atoms with van der Waals surface area (Å²) < 4.78 is 10.6. The van der Waals surface area contributed by atoms with E-state index in [9.17, 15) is 14.9 Å². The van der Waals surface area contributed by atoms with E-state index in [0.29, 0.717) is 16.4 Å². The molecular weight excluding hydrogens is 396 g/mol. The SMILES string of the molecule is COC(=O)c1cc([N+](=O)[O-])ccc1Oc1ccccc1C=NNc1nc(C)cs1. The van der Waals surface area contributed by atoms with Crippen LogP contribution in [0.5, 0.6) is 11.5 Å². The summed E-state index contributed by atoms with van der Waals surface area (Å²) in [6.07, 6.45) is 1.55. The molecule has 1 aromatic heterocycles. The van der Waals surface area contributed by atoms with Crippen molar-refractivity contribution >= 4 is 34.3 Å². The summed E-state index contributed by atoms with van der Waals surface area (Å²) in [5.41, 5.74) is 4.07. The topological polar surface area (TPSA) is 116 Å². The van der Waals surface area contributed by atoms with Crippen LogP contribution < -0.4 is 10.2 Å². The highest BCUT2D eigenvalue weighted by atomic mass is 32.1. The lowest BCUT2D eigenvalue weighted by molar-refractivity contribution is -0.384. The van der Waals surface area contributed by atoms with Crippen LogP contribution in [0.4, 0.5) is 10.8 Å². The van der Waals surface area contributed by atoms with Crippen LogP contribution in [0.2, 0.25) is 0 Å². The van der Waals surface area contributed by atoms with Gasteiger partial charge in [-0.25, -0.2) is 9.78 Å². The molecule has 0 spiro atoms. The van der Waals surface area contributed by atoms with Crippen LogP contribution in [0.1, 0.15) is 21.6 Å². The van der Waals surface area contributed by atoms with Gasteiger partial charge in [0.15, 0.2) is 0 Å². The Bertz CT molecular complexity index is 1080. The van der Waals surface area contributed by atoms with Crippen LogP contribution in [-0.2, 0) is 4.74 Å². The number of aryl methyl sites for hydroxylation is 1. The summed E-state index contributed by atoms with van der Waals surface area (Å²) >= 11 is 1.43. The second-order valence-electron chi connectivity index (χ2n) is 5.73. The molecule has 0 bridgehead atoms. The van der Waals surface area contributed by atoms with Gasteiger partial charge in [-0.15, -0.1) is 11.3 Å². The number of esters is 1. The van der Waals surface area contributed by atoms with Crippen molar-refractivity contribution in [2.45, 2.75) is 6.92 Å². The van der Waals surface area contributed by atoms with Crippen molar-refractivity contribution in [2.24, 2.45) is 5.10 Å². The third-order valence-corrected chi connectivity index (χ3v) is 4.57. The highest BCUT2D eigenvalue weighted by Crippen LogP contribution is 2.30. The summed E-state index contributed by atoms with van der Waals surface area (Å²) in [4.78, 5) is 26.7. The van der Waals surface area contributed by atoms with Crippen molar-refractivity contribution in [1.82, 2.24) is 4.98 Å². The van der Waals surface area contributed by atoms with E-state index in [4.69, 9.17) is 9.47 Å². The minimum absolute atomic E-state index is 0.0511. The molecular formula is C19H16N4O5S. The molecule has 3 rings (SSSR count). The number of benzene rings is 2. The number of hydrazone groups is 1. The number of nitrogens with one attached hydrogen (secondary N) is 1. The average molecular weight is 412 g/mol. The Morgan fingerprint density at radius 2 is 2.07 bits per heavy atom. The van der Waals surface area contributed by atoms with Gasteiger partial charge in [-0.05, 0) is 25.1 Å². The van der Waals surface area contributed by atoms with Crippen molar-refractivity contribution in [3.05, 3.63) is 74.8 Å². The first-order chi connectivity index (χ1) is 14.0. The van der Waals surface area contributed by atoms with Gasteiger partial charge in [0.25, 0.3) is 5.69 Å². The van der Waals surface area contributed by atoms with E-state index in [1.165, 1.54) is 30.6 Å². The Morgan fingerprint density at radius 1 is 1.28 bits per heavy atom. The number of carbonyl (C=O) groups excluding carboxylic acids is 1. The Hall–Kier alpha value is -3.79. The Labute approximate surface area is 169 Å². The van der Waals surface area contributed by atoms with Crippen LogP contribution in [0, 0.1) is 17.0 Å². The van der Waals surface area contributed by atoms with Crippen molar-refractivity contribution in [1.29, 1.82) is 0 Å². The van der Waals surface area contributed by atoms with E-state index in [1.807, 2.05) is 12.3 Å². The van der Waals surface area contributed by atoms with Gasteiger partial charge in [0, 0.05) is 23.1 Å². The molecule has 0 unspecified atom stereocenters. The normalized spacial score (nSPS) is 10.7. The number of aromatic nitrogens is 1. The first kappa shape index (κ1) is 20.0. The largest absolute Gasteiger partial charge is 0.465 e. The van der Waals surface area contributed by atoms with Gasteiger partial charge in [0.2, 0.25) is 5.13 Å². The third-order valence-electron chi connectivity index (χ3n) is 3.70. The number of methoxy groups -OCH3 is 1. The maximum atomic E-state index is 12.0. The molecule has 0 aliphatic heterocycles. The summed E-state index contributed by atoms with van der Waals surface area (Å²) in [7, 11) is 1.19. The van der Waals surface area contributed by atoms with Crippen LogP contribution in [-0.4, -0.2) is 29.2 Å². The number of nitro benzene ring substituents is 1. The molecule has 0 fully saturated rings. The molecule has 0 radical (unpaired) electrons. The first-order valence-corrected chi connectivity index (χ1v) is 9.20. The molecule has 0 aliphatic rings. The molecule has 0 saturated heterocycles. The summed E-state index contributed by atoms with van der Waals surface area (Å²) in [5.74, 6) is -0.199. The maximum absolute atomic E-state index is 12.0. The number of non-ortho nitro benzene ring substituents is 1. The number of nitrogens with zero attached hydrogens (tertiary/aromatic N) is 3. The van der Waals surface area contributed by atoms with Crippen LogP contribution in [0.15, 0.2) is 52.9 Å². The second-order valence-corrected chi connectivity index (χ2v) is 6.59. The Morgan fingerprint density at radius 3 is 2.76 bits per heavy atom. The molecule has 0 saturated carbocycles. The predicted molar refractivity (Wildman–Crippen MR) is 109 cm³/mol. The number of hydrogen-bond donors (Lipinski definition) is 1. The standard InChI is InChI=1S/C19H16N4O5S/c1-12-11-29-19(21-12)22-20-10-13-5-3-4-6-16(13)28-17-8-7-14(23(25)26)9-15(17)18(24)27-2/h3-11H,1-2H3,(H,21,22). The van der Waals surface area contributed by atoms with E-state index < -0.39 is 10.9 Å². The third kappa shape index (κ3) is 4.93. The number of anilines is 1. The zero-order chi connectivity index (χ0) is 20.8. The van der Waals surface area contributed by atoms with E-state index in [2.05, 4.69) is 15.5 Å². The lowest BCUT2D eigenvalue weighted by Crippen LogP contribution is -2.05. The van der Waals surface area contributed by atoms with E-state index >= 15 is 0 Å². The molecule has 0 aliphatic carbocycles. The fourth-order valence-corrected chi connectivity index (χ4v) is 2.99. The predicted octanol–water partition coefficient (Wildman–Crippen LogP) is 4.38. The highest BCUT2D eigenvalue weighted by Gasteiger charge is 2.19. The van der Waals surface area contributed by atoms with Gasteiger partial charge in [-0.3, -0.25) is 15.5 Å². The van der Waals surface area contributed by atoms with Crippen molar-refractivity contribution in [3.63, 3.8) is 0 Å². The molecule has 0 amide bonds. The molecule has 2 aromatic carbocycles. The molecule has 10 heteroatoms. The summed E-state index contributed by atoms with van der Waals surface area (Å²) in [6.45, 7) is 1.89.